The van der Waals surface area contributed by atoms with E-state index in [1.54, 1.807) is 30.3 Å². The van der Waals surface area contributed by atoms with Crippen LogP contribution in [0.5, 0.6) is 0 Å². The van der Waals surface area contributed by atoms with Crippen molar-refractivity contribution in [2.75, 3.05) is 13.7 Å². The predicted molar refractivity (Wildman–Crippen MR) is 95.8 cm³/mol. The maximum absolute atomic E-state index is 12.3. The summed E-state index contributed by atoms with van der Waals surface area (Å²) in [5.41, 5.74) is -0.476. The average Bonchev–Trinajstić information content (AvgIpc) is 3.01. The molecule has 2 aromatic carbocycles. The first-order chi connectivity index (χ1) is 13.1. The predicted octanol–water partition coefficient (Wildman–Crippen LogP) is 1.99. The summed E-state index contributed by atoms with van der Waals surface area (Å²) in [6, 6.07) is 18.1. The lowest BCUT2D eigenvalue weighted by Gasteiger charge is -2.29. The molecule has 0 saturated heterocycles. The molecule has 0 N–H and O–H groups in total. The Morgan fingerprint density at radius 1 is 1.19 bits per heavy atom. The summed E-state index contributed by atoms with van der Waals surface area (Å²) < 4.78 is 10.4. The van der Waals surface area contributed by atoms with Gasteiger partial charge in [-0.05, 0) is 11.1 Å². The van der Waals surface area contributed by atoms with Crippen LogP contribution in [0, 0.1) is 5.21 Å². The molecule has 0 unspecified atom stereocenters. The van der Waals surface area contributed by atoms with Crippen LogP contribution in [0.15, 0.2) is 60.7 Å². The topological polar surface area (TPSA) is 87.9 Å². The van der Waals surface area contributed by atoms with E-state index in [4.69, 9.17) is 14.3 Å². The molecule has 0 saturated carbocycles. The molecule has 3 rings (SSSR count). The van der Waals surface area contributed by atoms with Crippen LogP contribution in [0.2, 0.25) is 0 Å². The fourth-order valence-electron chi connectivity index (χ4n) is 3.11. The zero-order valence-electron chi connectivity index (χ0n) is 14.7. The molecular weight excluding hydrogens is 350 g/mol. The maximum atomic E-state index is 12.3. The van der Waals surface area contributed by atoms with Crippen molar-refractivity contribution in [3.8, 4) is 0 Å². The van der Waals surface area contributed by atoms with Crippen LogP contribution in [0.25, 0.3) is 0 Å². The van der Waals surface area contributed by atoms with Gasteiger partial charge in [0.2, 0.25) is 0 Å². The third-order valence-electron chi connectivity index (χ3n) is 4.38. The Labute approximate surface area is 156 Å². The Morgan fingerprint density at radius 2 is 1.81 bits per heavy atom. The maximum Gasteiger partial charge on any atom is 0.405 e. The lowest BCUT2D eigenvalue weighted by Crippen LogP contribution is -2.45. The molecular formula is C20H19NO6. The molecule has 140 valence electrons. The molecule has 7 heteroatoms. The highest BCUT2D eigenvalue weighted by atomic mass is 16.9. The first kappa shape index (κ1) is 18.6. The summed E-state index contributed by atoms with van der Waals surface area (Å²) in [4.78, 5) is 29.5. The molecule has 0 aromatic heterocycles. The lowest BCUT2D eigenvalue weighted by molar-refractivity contribution is -0.747. The van der Waals surface area contributed by atoms with Crippen molar-refractivity contribution >= 4 is 18.0 Å². The molecule has 0 amide bonds. The number of nitrogens with zero attached hydrogens (tertiary/aromatic N) is 1. The molecule has 0 fully saturated rings. The molecule has 0 aliphatic carbocycles. The second-order valence-electron chi connectivity index (χ2n) is 6.12. The Hall–Kier alpha value is -3.19. The zero-order valence-corrected chi connectivity index (χ0v) is 14.7. The minimum atomic E-state index is -1.67. The smallest absolute Gasteiger partial charge is 0.405 e. The number of hydrogen-bond donors (Lipinski definition) is 0. The van der Waals surface area contributed by atoms with Crippen molar-refractivity contribution in [3.63, 3.8) is 0 Å². The van der Waals surface area contributed by atoms with Crippen molar-refractivity contribution in [2.45, 2.75) is 18.1 Å². The van der Waals surface area contributed by atoms with Gasteiger partial charge in [0.1, 0.15) is 12.2 Å². The molecule has 1 heterocycles. The summed E-state index contributed by atoms with van der Waals surface area (Å²) in [5, 5.41) is 12.3. The van der Waals surface area contributed by atoms with Crippen molar-refractivity contribution in [2.24, 2.45) is 0 Å². The summed E-state index contributed by atoms with van der Waals surface area (Å²) in [6.45, 7) is 0.0257. The van der Waals surface area contributed by atoms with Crippen molar-refractivity contribution in [1.82, 2.24) is 0 Å². The second kappa shape index (κ2) is 8.01. The number of esters is 1. The van der Waals surface area contributed by atoms with Gasteiger partial charge in [0.05, 0.1) is 25.2 Å². The number of aldehydes is 1. The van der Waals surface area contributed by atoms with E-state index in [9.17, 15) is 14.8 Å². The molecule has 2 atom stereocenters. The SMILES string of the molecule is COC(=O)C1=[N+]([O-])O[C@](C=O)(COCc2ccccc2)[C@H]1c1ccccc1. The van der Waals surface area contributed by atoms with E-state index in [0.29, 0.717) is 11.8 Å². The van der Waals surface area contributed by atoms with Gasteiger partial charge in [-0.3, -0.25) is 5.21 Å². The van der Waals surface area contributed by atoms with Gasteiger partial charge in [-0.25, -0.2) is 4.79 Å². The van der Waals surface area contributed by atoms with Crippen LogP contribution in [-0.4, -0.2) is 42.2 Å². The van der Waals surface area contributed by atoms with E-state index < -0.39 is 17.5 Å². The van der Waals surface area contributed by atoms with Crippen LogP contribution >= 0.6 is 0 Å². The van der Waals surface area contributed by atoms with Gasteiger partial charge in [-0.2, -0.15) is 0 Å². The number of carbonyl (C=O) groups excluding carboxylic acids is 2. The highest BCUT2D eigenvalue weighted by molar-refractivity contribution is 6.37. The molecule has 2 aromatic rings. The number of benzene rings is 2. The minimum absolute atomic E-state index is 0.0593. The van der Waals surface area contributed by atoms with Crippen LogP contribution in [0.4, 0.5) is 0 Å². The van der Waals surface area contributed by atoms with Crippen molar-refractivity contribution in [3.05, 3.63) is 77.0 Å². The summed E-state index contributed by atoms with van der Waals surface area (Å²) in [5.74, 6) is -1.80. The Morgan fingerprint density at radius 3 is 2.41 bits per heavy atom. The van der Waals surface area contributed by atoms with E-state index in [1.165, 1.54) is 0 Å². The summed E-state index contributed by atoms with van der Waals surface area (Å²) in [7, 11) is 1.16. The lowest BCUT2D eigenvalue weighted by atomic mass is 9.80. The Bertz CT molecular complexity index is 836. The third-order valence-corrected chi connectivity index (χ3v) is 4.38. The average molecular weight is 369 g/mol. The first-order valence-corrected chi connectivity index (χ1v) is 8.36. The zero-order chi connectivity index (χ0) is 19.3. The van der Waals surface area contributed by atoms with E-state index in [-0.39, 0.29) is 23.8 Å². The molecule has 0 radical (unpaired) electrons. The first-order valence-electron chi connectivity index (χ1n) is 8.36. The van der Waals surface area contributed by atoms with Crippen molar-refractivity contribution in [1.29, 1.82) is 0 Å². The van der Waals surface area contributed by atoms with E-state index in [0.717, 1.165) is 12.7 Å². The number of carbonyl (C=O) groups is 2. The van der Waals surface area contributed by atoms with Gasteiger partial charge < -0.3 is 19.1 Å². The largest absolute Gasteiger partial charge is 0.461 e. The fourth-order valence-corrected chi connectivity index (χ4v) is 3.11. The molecule has 27 heavy (non-hydrogen) atoms. The number of rotatable bonds is 7. The highest BCUT2D eigenvalue weighted by Crippen LogP contribution is 2.37. The van der Waals surface area contributed by atoms with Crippen LogP contribution in [-0.2, 0) is 30.5 Å². The monoisotopic (exact) mass is 369 g/mol. The van der Waals surface area contributed by atoms with E-state index in [1.807, 2.05) is 30.3 Å². The van der Waals surface area contributed by atoms with E-state index >= 15 is 0 Å². The number of hydrogen-bond acceptors (Lipinski definition) is 6. The molecule has 7 nitrogen and oxygen atoms in total. The molecule has 1 aliphatic heterocycles. The van der Waals surface area contributed by atoms with Crippen LogP contribution < -0.4 is 0 Å². The number of ether oxygens (including phenoxy) is 2. The van der Waals surface area contributed by atoms with Gasteiger partial charge in [0.15, 0.2) is 5.60 Å². The normalized spacial score (nSPS) is 21.6. The van der Waals surface area contributed by atoms with Crippen LogP contribution in [0.1, 0.15) is 17.0 Å². The Balaban J connectivity index is 1.90. The van der Waals surface area contributed by atoms with Gasteiger partial charge >= 0.3 is 11.7 Å². The quantitative estimate of drug-likeness (QED) is 0.421. The molecule has 0 bridgehead atoms. The van der Waals surface area contributed by atoms with Gasteiger partial charge in [0.25, 0.3) is 0 Å². The summed E-state index contributed by atoms with van der Waals surface area (Å²) in [6.07, 6.45) is 0.510. The third kappa shape index (κ3) is 3.68. The van der Waals surface area contributed by atoms with Crippen molar-refractivity contribution < 1.29 is 28.8 Å². The standard InChI is InChI=1S/C20H19NO6/c1-25-19(23)18-17(16-10-6-3-7-11-16)20(13-22,27-21(18)24)14-26-12-15-8-4-2-5-9-15/h2-11,13,17H,12,14H2,1H3/t17-,20+/m0/s1. The van der Waals surface area contributed by atoms with Gasteiger partial charge in [-0.15, -0.1) is 0 Å². The second-order valence-corrected chi connectivity index (χ2v) is 6.12. The highest BCUT2D eigenvalue weighted by Gasteiger charge is 2.56. The molecule has 1 aliphatic rings. The fraction of sp³-hybridized carbons (Fsp3) is 0.250. The van der Waals surface area contributed by atoms with Gasteiger partial charge in [-0.1, -0.05) is 60.7 Å². The molecule has 0 spiro atoms. The summed E-state index contributed by atoms with van der Waals surface area (Å²) >= 11 is 0. The Kier molecular flexibility index (Phi) is 5.52. The van der Waals surface area contributed by atoms with Gasteiger partial charge in [0, 0.05) is 0 Å². The number of methoxy groups -OCH3 is 1. The minimum Gasteiger partial charge on any atom is -0.461 e. The van der Waals surface area contributed by atoms with Crippen LogP contribution in [0.3, 0.4) is 0 Å². The van der Waals surface area contributed by atoms with E-state index in [2.05, 4.69) is 0 Å².